The monoisotopic (exact) mass is 516 g/mol. The standard InChI is InChI=1S/C29H36N6O3/c1-4-25(28-31-32-33-35(28)15-14-20-10-6-5-7-11-20)34(23-12-8-9-13-23)19-22-16-21-17-26(37-2)27(38-3)18-24(21)30-29(22)36/h5-7,10-11,16-18,23,25H,4,8-9,12-15,19H2,1-3H3,(H,30,36). The van der Waals surface area contributed by atoms with Crippen molar-refractivity contribution in [3.8, 4) is 11.5 Å². The van der Waals surface area contributed by atoms with E-state index in [4.69, 9.17) is 9.47 Å². The molecule has 0 saturated heterocycles. The zero-order valence-corrected chi connectivity index (χ0v) is 22.4. The Bertz CT molecular complexity index is 1410. The van der Waals surface area contributed by atoms with Crippen molar-refractivity contribution in [2.75, 3.05) is 14.2 Å². The second-order valence-electron chi connectivity index (χ2n) is 9.95. The Morgan fingerprint density at radius 1 is 1.08 bits per heavy atom. The molecule has 2 aromatic carbocycles. The number of aromatic amines is 1. The van der Waals surface area contributed by atoms with Crippen molar-refractivity contribution in [1.29, 1.82) is 0 Å². The molecule has 200 valence electrons. The molecule has 1 unspecified atom stereocenters. The van der Waals surface area contributed by atoms with Gasteiger partial charge in [0.05, 0.1) is 25.8 Å². The highest BCUT2D eigenvalue weighted by Gasteiger charge is 2.32. The highest BCUT2D eigenvalue weighted by atomic mass is 16.5. The quantitative estimate of drug-likeness (QED) is 0.309. The minimum atomic E-state index is -0.0914. The van der Waals surface area contributed by atoms with Gasteiger partial charge in [-0.1, -0.05) is 50.1 Å². The molecule has 0 radical (unpaired) electrons. The number of fused-ring (bicyclic) bond motifs is 1. The van der Waals surface area contributed by atoms with Gasteiger partial charge in [-0.15, -0.1) is 5.10 Å². The summed E-state index contributed by atoms with van der Waals surface area (Å²) in [6, 6.07) is 16.5. The number of hydrogen-bond donors (Lipinski definition) is 1. The van der Waals surface area contributed by atoms with Crippen molar-refractivity contribution in [2.45, 2.75) is 70.6 Å². The van der Waals surface area contributed by atoms with Gasteiger partial charge in [0, 0.05) is 36.1 Å². The molecule has 1 aliphatic rings. The first-order valence-corrected chi connectivity index (χ1v) is 13.4. The Morgan fingerprint density at radius 2 is 1.82 bits per heavy atom. The summed E-state index contributed by atoms with van der Waals surface area (Å²) < 4.78 is 12.8. The third-order valence-electron chi connectivity index (χ3n) is 7.67. The maximum Gasteiger partial charge on any atom is 0.252 e. The molecule has 4 aromatic rings. The lowest BCUT2D eigenvalue weighted by atomic mass is 10.0. The molecule has 1 fully saturated rings. The zero-order valence-electron chi connectivity index (χ0n) is 22.4. The van der Waals surface area contributed by atoms with Gasteiger partial charge in [-0.05, 0) is 53.8 Å². The van der Waals surface area contributed by atoms with Crippen molar-refractivity contribution in [3.63, 3.8) is 0 Å². The van der Waals surface area contributed by atoms with Crippen LogP contribution in [0.5, 0.6) is 11.5 Å². The summed E-state index contributed by atoms with van der Waals surface area (Å²) >= 11 is 0. The van der Waals surface area contributed by atoms with Crippen molar-refractivity contribution in [3.05, 3.63) is 75.8 Å². The second-order valence-corrected chi connectivity index (χ2v) is 9.95. The van der Waals surface area contributed by atoms with Crippen LogP contribution in [0.4, 0.5) is 0 Å². The van der Waals surface area contributed by atoms with Crippen LogP contribution in [0.15, 0.2) is 53.3 Å². The van der Waals surface area contributed by atoms with E-state index in [2.05, 4.69) is 56.6 Å². The van der Waals surface area contributed by atoms with E-state index < -0.39 is 0 Å². The van der Waals surface area contributed by atoms with Crippen LogP contribution in [-0.4, -0.2) is 50.4 Å². The summed E-state index contributed by atoms with van der Waals surface area (Å²) in [7, 11) is 3.21. The fraction of sp³-hybridized carbons (Fsp3) is 0.448. The van der Waals surface area contributed by atoms with E-state index in [1.165, 1.54) is 18.4 Å². The van der Waals surface area contributed by atoms with Crippen LogP contribution in [0.1, 0.15) is 62.0 Å². The van der Waals surface area contributed by atoms with Gasteiger partial charge in [0.2, 0.25) is 0 Å². The molecule has 9 heteroatoms. The summed E-state index contributed by atoms with van der Waals surface area (Å²) in [6.07, 6.45) is 6.31. The molecule has 1 saturated carbocycles. The third kappa shape index (κ3) is 5.43. The molecule has 0 aliphatic heterocycles. The number of benzene rings is 2. The summed E-state index contributed by atoms with van der Waals surface area (Å²) in [5.74, 6) is 2.08. The largest absolute Gasteiger partial charge is 0.493 e. The number of rotatable bonds is 11. The highest BCUT2D eigenvalue weighted by molar-refractivity contribution is 5.83. The number of hydrogen-bond acceptors (Lipinski definition) is 7. The maximum absolute atomic E-state index is 13.3. The third-order valence-corrected chi connectivity index (χ3v) is 7.67. The first kappa shape index (κ1) is 25.9. The molecule has 38 heavy (non-hydrogen) atoms. The summed E-state index contributed by atoms with van der Waals surface area (Å²) in [5, 5.41) is 13.8. The molecule has 0 bridgehead atoms. The van der Waals surface area contributed by atoms with Gasteiger partial charge >= 0.3 is 0 Å². The van der Waals surface area contributed by atoms with Crippen molar-refractivity contribution < 1.29 is 9.47 Å². The number of H-pyrrole nitrogens is 1. The summed E-state index contributed by atoms with van der Waals surface area (Å²) in [6.45, 7) is 3.40. The molecule has 2 aromatic heterocycles. The maximum atomic E-state index is 13.3. The van der Waals surface area contributed by atoms with Crippen LogP contribution in [0.25, 0.3) is 10.9 Å². The number of aryl methyl sites for hydroxylation is 2. The van der Waals surface area contributed by atoms with E-state index >= 15 is 0 Å². The molecule has 0 spiro atoms. The average Bonchev–Trinajstić information content (AvgIpc) is 3.65. The van der Waals surface area contributed by atoms with Gasteiger partial charge in [-0.25, -0.2) is 4.68 Å². The average molecular weight is 517 g/mol. The van der Waals surface area contributed by atoms with Gasteiger partial charge in [-0.3, -0.25) is 9.69 Å². The second kappa shape index (κ2) is 11.8. The number of pyridine rings is 1. The lowest BCUT2D eigenvalue weighted by Gasteiger charge is -2.35. The van der Waals surface area contributed by atoms with E-state index in [1.54, 1.807) is 14.2 Å². The molecule has 5 rings (SSSR count). The lowest BCUT2D eigenvalue weighted by Crippen LogP contribution is -2.39. The SMILES string of the molecule is CCC(c1nnnn1CCc1ccccc1)N(Cc1cc2cc(OC)c(OC)cc2[nH]c1=O)C1CCCC1. The Labute approximate surface area is 222 Å². The number of nitrogens with one attached hydrogen (secondary N) is 1. The fourth-order valence-corrected chi connectivity index (χ4v) is 5.68. The number of methoxy groups -OCH3 is 2. The predicted molar refractivity (Wildman–Crippen MR) is 146 cm³/mol. The van der Waals surface area contributed by atoms with Gasteiger partial charge in [-0.2, -0.15) is 0 Å². The first-order valence-electron chi connectivity index (χ1n) is 13.4. The predicted octanol–water partition coefficient (Wildman–Crippen LogP) is 4.67. The number of tetrazole rings is 1. The number of aromatic nitrogens is 5. The Hall–Kier alpha value is -3.72. The minimum Gasteiger partial charge on any atom is -0.493 e. The molecule has 1 atom stereocenters. The molecule has 1 aliphatic carbocycles. The van der Waals surface area contributed by atoms with E-state index in [9.17, 15) is 4.79 Å². The Kier molecular flexibility index (Phi) is 8.03. The van der Waals surface area contributed by atoms with Crippen LogP contribution in [-0.2, 0) is 19.5 Å². The summed E-state index contributed by atoms with van der Waals surface area (Å²) in [4.78, 5) is 18.8. The highest BCUT2D eigenvalue weighted by Crippen LogP contribution is 2.35. The smallest absolute Gasteiger partial charge is 0.252 e. The van der Waals surface area contributed by atoms with Crippen LogP contribution in [0.2, 0.25) is 0 Å². The van der Waals surface area contributed by atoms with Gasteiger partial charge in [0.25, 0.3) is 5.56 Å². The van der Waals surface area contributed by atoms with Crippen molar-refractivity contribution in [1.82, 2.24) is 30.1 Å². The molecule has 9 nitrogen and oxygen atoms in total. The molecule has 2 heterocycles. The normalized spacial score (nSPS) is 14.8. The molecule has 0 amide bonds. The topological polar surface area (TPSA) is 98.2 Å². The van der Waals surface area contributed by atoms with E-state index in [0.29, 0.717) is 30.6 Å². The summed E-state index contributed by atoms with van der Waals surface area (Å²) in [5.41, 5.74) is 2.61. The van der Waals surface area contributed by atoms with Crippen molar-refractivity contribution >= 4 is 10.9 Å². The zero-order chi connectivity index (χ0) is 26.5. The van der Waals surface area contributed by atoms with E-state index in [-0.39, 0.29) is 11.6 Å². The van der Waals surface area contributed by atoms with Crippen molar-refractivity contribution in [2.24, 2.45) is 0 Å². The fourth-order valence-electron chi connectivity index (χ4n) is 5.68. The van der Waals surface area contributed by atoms with Crippen LogP contribution < -0.4 is 15.0 Å². The van der Waals surface area contributed by atoms with Crippen LogP contribution in [0, 0.1) is 0 Å². The Balaban J connectivity index is 1.46. The first-order chi connectivity index (χ1) is 18.6. The molecule has 1 N–H and O–H groups in total. The van der Waals surface area contributed by atoms with E-state index in [0.717, 1.165) is 48.0 Å². The van der Waals surface area contributed by atoms with Crippen LogP contribution >= 0.6 is 0 Å². The van der Waals surface area contributed by atoms with E-state index in [1.807, 2.05) is 28.9 Å². The number of nitrogens with zero attached hydrogens (tertiary/aromatic N) is 5. The molecular weight excluding hydrogens is 480 g/mol. The van der Waals surface area contributed by atoms with Gasteiger partial charge < -0.3 is 14.5 Å². The minimum absolute atomic E-state index is 0.00405. The van der Waals surface area contributed by atoms with Gasteiger partial charge in [0.15, 0.2) is 17.3 Å². The molecular formula is C29H36N6O3. The van der Waals surface area contributed by atoms with Gasteiger partial charge in [0.1, 0.15) is 0 Å². The Morgan fingerprint density at radius 3 is 2.53 bits per heavy atom. The van der Waals surface area contributed by atoms with Crippen LogP contribution in [0.3, 0.4) is 0 Å². The lowest BCUT2D eigenvalue weighted by molar-refractivity contribution is 0.112. The number of ether oxygens (including phenoxy) is 2.